The predicted molar refractivity (Wildman–Crippen MR) is 56.1 cm³/mol. The van der Waals surface area contributed by atoms with E-state index in [-0.39, 0.29) is 16.9 Å². The molecule has 1 aromatic carbocycles. The zero-order valence-electron chi connectivity index (χ0n) is 9.23. The Bertz CT molecular complexity index is 436. The first-order valence-corrected chi connectivity index (χ1v) is 4.50. The molecule has 86 valence electrons. The van der Waals surface area contributed by atoms with Gasteiger partial charge < -0.3 is 14.6 Å². The standard InChI is InChI=1S/C11H12O5/c1-6-9(15-2)4-7(11(14)16-3)8(5-12)10(6)13/h4-5,13H,1-3H3. The van der Waals surface area contributed by atoms with Crippen LogP contribution in [0.3, 0.4) is 0 Å². The van der Waals surface area contributed by atoms with Crippen molar-refractivity contribution in [2.24, 2.45) is 0 Å². The first-order chi connectivity index (χ1) is 7.56. The summed E-state index contributed by atoms with van der Waals surface area (Å²) < 4.78 is 9.49. The number of benzene rings is 1. The van der Waals surface area contributed by atoms with Crippen LogP contribution in [-0.2, 0) is 4.74 Å². The highest BCUT2D eigenvalue weighted by Gasteiger charge is 2.20. The van der Waals surface area contributed by atoms with E-state index in [1.54, 1.807) is 6.92 Å². The molecule has 0 saturated heterocycles. The molecule has 0 atom stereocenters. The van der Waals surface area contributed by atoms with Gasteiger partial charge in [0.05, 0.1) is 25.3 Å². The van der Waals surface area contributed by atoms with E-state index in [1.165, 1.54) is 20.3 Å². The third-order valence-corrected chi connectivity index (χ3v) is 2.29. The van der Waals surface area contributed by atoms with Crippen molar-refractivity contribution in [1.29, 1.82) is 0 Å². The van der Waals surface area contributed by atoms with Crippen LogP contribution in [0.4, 0.5) is 0 Å². The van der Waals surface area contributed by atoms with Gasteiger partial charge in [-0.25, -0.2) is 4.79 Å². The van der Waals surface area contributed by atoms with E-state index >= 15 is 0 Å². The van der Waals surface area contributed by atoms with Crippen LogP contribution >= 0.6 is 0 Å². The number of esters is 1. The SMILES string of the molecule is COC(=O)c1cc(OC)c(C)c(O)c1C=O. The van der Waals surface area contributed by atoms with Crippen LogP contribution in [0.5, 0.6) is 11.5 Å². The van der Waals surface area contributed by atoms with Gasteiger partial charge in [-0.05, 0) is 13.0 Å². The van der Waals surface area contributed by atoms with E-state index in [0.29, 0.717) is 17.6 Å². The number of carbonyl (C=O) groups excluding carboxylic acids is 2. The summed E-state index contributed by atoms with van der Waals surface area (Å²) in [5.74, 6) is -0.644. The van der Waals surface area contributed by atoms with E-state index in [1.807, 2.05) is 0 Å². The number of hydrogen-bond donors (Lipinski definition) is 1. The fourth-order valence-electron chi connectivity index (χ4n) is 1.37. The normalized spacial score (nSPS) is 9.69. The van der Waals surface area contributed by atoms with Gasteiger partial charge in [0.1, 0.15) is 11.5 Å². The molecule has 0 amide bonds. The predicted octanol–water partition coefficient (Wildman–Crippen LogP) is 1.31. The van der Waals surface area contributed by atoms with E-state index in [0.717, 1.165) is 0 Å². The first-order valence-electron chi connectivity index (χ1n) is 4.50. The molecule has 0 bridgehead atoms. The van der Waals surface area contributed by atoms with Crippen LogP contribution in [0.2, 0.25) is 0 Å². The number of phenolic OH excluding ortho intramolecular Hbond substituents is 1. The third-order valence-electron chi connectivity index (χ3n) is 2.29. The summed E-state index contributed by atoms with van der Waals surface area (Å²) in [6.45, 7) is 1.59. The summed E-state index contributed by atoms with van der Waals surface area (Å²) in [7, 11) is 2.60. The Morgan fingerprint density at radius 1 is 1.44 bits per heavy atom. The smallest absolute Gasteiger partial charge is 0.338 e. The Balaban J connectivity index is 3.53. The van der Waals surface area contributed by atoms with E-state index in [9.17, 15) is 14.7 Å². The van der Waals surface area contributed by atoms with Crippen molar-refractivity contribution in [3.63, 3.8) is 0 Å². The molecule has 0 aliphatic rings. The fourth-order valence-corrected chi connectivity index (χ4v) is 1.37. The lowest BCUT2D eigenvalue weighted by Crippen LogP contribution is -2.07. The van der Waals surface area contributed by atoms with Gasteiger partial charge in [-0.1, -0.05) is 0 Å². The summed E-state index contributed by atoms with van der Waals surface area (Å²) in [5.41, 5.74) is 0.292. The zero-order valence-corrected chi connectivity index (χ0v) is 9.23. The molecule has 0 aliphatic heterocycles. The van der Waals surface area contributed by atoms with Crippen LogP contribution in [0, 0.1) is 6.92 Å². The quantitative estimate of drug-likeness (QED) is 0.619. The average molecular weight is 224 g/mol. The van der Waals surface area contributed by atoms with Crippen LogP contribution in [0.25, 0.3) is 0 Å². The number of ether oxygens (including phenoxy) is 2. The third kappa shape index (κ3) is 1.84. The second-order valence-electron chi connectivity index (χ2n) is 3.12. The van der Waals surface area contributed by atoms with Gasteiger partial charge in [0.2, 0.25) is 0 Å². The Kier molecular flexibility index (Phi) is 3.50. The highest BCUT2D eigenvalue weighted by atomic mass is 16.5. The Morgan fingerprint density at radius 3 is 2.50 bits per heavy atom. The number of carbonyl (C=O) groups is 2. The molecule has 1 rings (SSSR count). The Labute approximate surface area is 92.6 Å². The summed E-state index contributed by atoms with van der Waals surface area (Å²) >= 11 is 0. The molecule has 1 aromatic rings. The van der Waals surface area contributed by atoms with Crippen molar-refractivity contribution in [2.45, 2.75) is 6.92 Å². The highest BCUT2D eigenvalue weighted by Crippen LogP contribution is 2.32. The van der Waals surface area contributed by atoms with Crippen molar-refractivity contribution < 1.29 is 24.2 Å². The molecule has 16 heavy (non-hydrogen) atoms. The van der Waals surface area contributed by atoms with E-state index in [4.69, 9.17) is 4.74 Å². The van der Waals surface area contributed by atoms with Gasteiger partial charge >= 0.3 is 5.97 Å². The topological polar surface area (TPSA) is 72.8 Å². The van der Waals surface area contributed by atoms with Crippen LogP contribution < -0.4 is 4.74 Å². The van der Waals surface area contributed by atoms with Crippen molar-refractivity contribution >= 4 is 12.3 Å². The molecule has 0 aliphatic carbocycles. The van der Waals surface area contributed by atoms with Crippen molar-refractivity contribution in [1.82, 2.24) is 0 Å². The maximum absolute atomic E-state index is 11.4. The number of methoxy groups -OCH3 is 2. The molecular weight excluding hydrogens is 212 g/mol. The lowest BCUT2D eigenvalue weighted by Gasteiger charge is -2.11. The molecule has 0 spiro atoms. The lowest BCUT2D eigenvalue weighted by atomic mass is 10.0. The van der Waals surface area contributed by atoms with E-state index < -0.39 is 5.97 Å². The van der Waals surface area contributed by atoms with Crippen LogP contribution in [-0.4, -0.2) is 31.6 Å². The number of rotatable bonds is 3. The van der Waals surface area contributed by atoms with Crippen molar-refractivity contribution in [2.75, 3.05) is 14.2 Å². The van der Waals surface area contributed by atoms with Gasteiger partial charge in [0, 0.05) is 5.56 Å². The molecule has 1 N–H and O–H groups in total. The maximum Gasteiger partial charge on any atom is 0.338 e. The number of aldehydes is 1. The summed E-state index contributed by atoms with van der Waals surface area (Å²) in [6.07, 6.45) is 0.411. The highest BCUT2D eigenvalue weighted by molar-refractivity contribution is 6.00. The second kappa shape index (κ2) is 4.65. The van der Waals surface area contributed by atoms with Gasteiger partial charge in [-0.3, -0.25) is 4.79 Å². The molecule has 0 saturated carbocycles. The average Bonchev–Trinajstić information content (AvgIpc) is 2.31. The molecule has 5 nitrogen and oxygen atoms in total. The first kappa shape index (κ1) is 12.0. The second-order valence-corrected chi connectivity index (χ2v) is 3.12. The molecule has 5 heteroatoms. The summed E-state index contributed by atoms with van der Waals surface area (Å²) in [4.78, 5) is 22.2. The molecular formula is C11H12O5. The minimum atomic E-state index is -0.698. The van der Waals surface area contributed by atoms with Crippen LogP contribution in [0.15, 0.2) is 6.07 Å². The van der Waals surface area contributed by atoms with Crippen molar-refractivity contribution in [3.05, 3.63) is 22.8 Å². The van der Waals surface area contributed by atoms with Gasteiger partial charge in [-0.15, -0.1) is 0 Å². The molecule has 0 aromatic heterocycles. The zero-order chi connectivity index (χ0) is 12.3. The van der Waals surface area contributed by atoms with E-state index in [2.05, 4.69) is 4.74 Å². The number of phenols is 1. The minimum absolute atomic E-state index is 0.0162. The van der Waals surface area contributed by atoms with Crippen LogP contribution in [0.1, 0.15) is 26.3 Å². The number of aromatic hydroxyl groups is 1. The minimum Gasteiger partial charge on any atom is -0.507 e. The summed E-state index contributed by atoms with van der Waals surface area (Å²) in [6, 6.07) is 1.37. The number of hydrogen-bond acceptors (Lipinski definition) is 5. The molecule has 0 fully saturated rings. The Morgan fingerprint density at radius 2 is 2.06 bits per heavy atom. The molecule has 0 heterocycles. The fraction of sp³-hybridized carbons (Fsp3) is 0.273. The monoisotopic (exact) mass is 224 g/mol. The van der Waals surface area contributed by atoms with Gasteiger partial charge in [0.25, 0.3) is 0 Å². The molecule has 0 radical (unpaired) electrons. The summed E-state index contributed by atoms with van der Waals surface area (Å²) in [5, 5.41) is 9.72. The van der Waals surface area contributed by atoms with Gasteiger partial charge in [-0.2, -0.15) is 0 Å². The molecule has 0 unspecified atom stereocenters. The maximum atomic E-state index is 11.4. The Hall–Kier alpha value is -2.04. The van der Waals surface area contributed by atoms with Crippen molar-refractivity contribution in [3.8, 4) is 11.5 Å². The van der Waals surface area contributed by atoms with Gasteiger partial charge in [0.15, 0.2) is 6.29 Å². The lowest BCUT2D eigenvalue weighted by molar-refractivity contribution is 0.0597. The largest absolute Gasteiger partial charge is 0.507 e.